The molecule has 1 N–H and O–H groups in total. The van der Waals surface area contributed by atoms with Crippen LogP contribution in [0.3, 0.4) is 0 Å². The zero-order chi connectivity index (χ0) is 14.9. The number of carbonyl (C=O) groups excluding carboxylic acids is 1. The van der Waals surface area contributed by atoms with E-state index < -0.39 is 0 Å². The van der Waals surface area contributed by atoms with Crippen LogP contribution in [0, 0.1) is 0 Å². The molecule has 0 saturated carbocycles. The third-order valence-corrected chi connectivity index (χ3v) is 2.95. The van der Waals surface area contributed by atoms with Crippen LogP contribution in [-0.4, -0.2) is 29.0 Å². The number of rotatable bonds is 7. The van der Waals surface area contributed by atoms with Crippen molar-refractivity contribution in [3.8, 4) is 5.75 Å². The number of ether oxygens (including phenoxy) is 1. The number of nitrogens with zero attached hydrogens (tertiary/aromatic N) is 2. The lowest BCUT2D eigenvalue weighted by atomic mass is 10.1. The number of amides is 1. The van der Waals surface area contributed by atoms with Gasteiger partial charge in [0.1, 0.15) is 12.1 Å². The Morgan fingerprint density at radius 1 is 1.14 bits per heavy atom. The Hall–Kier alpha value is -2.43. The van der Waals surface area contributed by atoms with Crippen molar-refractivity contribution in [1.82, 2.24) is 15.3 Å². The largest absolute Gasteiger partial charge is 0.494 e. The molecule has 0 atom stereocenters. The predicted octanol–water partition coefficient (Wildman–Crippen LogP) is 1.78. The Balaban J connectivity index is 1.74. The Kier molecular flexibility index (Phi) is 5.70. The lowest BCUT2D eigenvalue weighted by molar-refractivity contribution is -0.120. The standard InChI is InChI=1S/C16H19N3O2/c1-2-21-15-5-3-13(4-6-15)9-16(20)19-8-7-14-10-17-12-18-11-14/h3-6,10-12H,2,7-9H2,1H3,(H,19,20). The van der Waals surface area contributed by atoms with E-state index in [0.717, 1.165) is 23.3 Å². The Morgan fingerprint density at radius 3 is 2.52 bits per heavy atom. The second-order valence-corrected chi connectivity index (χ2v) is 4.60. The summed E-state index contributed by atoms with van der Waals surface area (Å²) in [6.45, 7) is 3.17. The fraction of sp³-hybridized carbons (Fsp3) is 0.312. The summed E-state index contributed by atoms with van der Waals surface area (Å²) in [5.74, 6) is 0.835. The van der Waals surface area contributed by atoms with Gasteiger partial charge in [0.2, 0.25) is 5.91 Å². The molecule has 1 amide bonds. The molecule has 0 radical (unpaired) electrons. The fourth-order valence-corrected chi connectivity index (χ4v) is 1.92. The number of aromatic nitrogens is 2. The molecule has 2 rings (SSSR count). The zero-order valence-electron chi connectivity index (χ0n) is 12.1. The average Bonchev–Trinajstić information content (AvgIpc) is 2.51. The van der Waals surface area contributed by atoms with Gasteiger partial charge >= 0.3 is 0 Å². The molecule has 0 aliphatic carbocycles. The van der Waals surface area contributed by atoms with Gasteiger partial charge in [-0.05, 0) is 36.6 Å². The molecular formula is C16H19N3O2. The van der Waals surface area contributed by atoms with Crippen molar-refractivity contribution in [1.29, 1.82) is 0 Å². The van der Waals surface area contributed by atoms with Crippen molar-refractivity contribution in [3.63, 3.8) is 0 Å². The van der Waals surface area contributed by atoms with Crippen molar-refractivity contribution in [2.75, 3.05) is 13.2 Å². The first-order valence-electron chi connectivity index (χ1n) is 7.00. The molecule has 0 unspecified atom stereocenters. The van der Waals surface area contributed by atoms with Crippen molar-refractivity contribution in [3.05, 3.63) is 54.1 Å². The summed E-state index contributed by atoms with van der Waals surface area (Å²) < 4.78 is 5.37. The zero-order valence-corrected chi connectivity index (χ0v) is 12.1. The van der Waals surface area contributed by atoms with Gasteiger partial charge in [0.15, 0.2) is 0 Å². The van der Waals surface area contributed by atoms with Gasteiger partial charge < -0.3 is 10.1 Å². The van der Waals surface area contributed by atoms with E-state index in [1.54, 1.807) is 12.4 Å². The van der Waals surface area contributed by atoms with Gasteiger partial charge in [-0.2, -0.15) is 0 Å². The molecular weight excluding hydrogens is 266 g/mol. The molecule has 5 nitrogen and oxygen atoms in total. The van der Waals surface area contributed by atoms with E-state index in [-0.39, 0.29) is 5.91 Å². The van der Waals surface area contributed by atoms with Crippen molar-refractivity contribution in [2.45, 2.75) is 19.8 Å². The van der Waals surface area contributed by atoms with E-state index in [1.807, 2.05) is 31.2 Å². The molecule has 0 saturated heterocycles. The van der Waals surface area contributed by atoms with Gasteiger partial charge in [0.25, 0.3) is 0 Å². The van der Waals surface area contributed by atoms with Crippen LogP contribution < -0.4 is 10.1 Å². The average molecular weight is 285 g/mol. The summed E-state index contributed by atoms with van der Waals surface area (Å²) >= 11 is 0. The summed E-state index contributed by atoms with van der Waals surface area (Å²) in [5, 5.41) is 2.89. The normalized spacial score (nSPS) is 10.1. The maximum absolute atomic E-state index is 11.8. The Labute approximate surface area is 124 Å². The number of carbonyl (C=O) groups is 1. The molecule has 2 aromatic rings. The summed E-state index contributed by atoms with van der Waals surface area (Å²) in [7, 11) is 0. The van der Waals surface area contributed by atoms with Gasteiger partial charge in [0, 0.05) is 18.9 Å². The third kappa shape index (κ3) is 5.22. The van der Waals surface area contributed by atoms with Gasteiger partial charge in [-0.25, -0.2) is 9.97 Å². The molecule has 5 heteroatoms. The smallest absolute Gasteiger partial charge is 0.224 e. The van der Waals surface area contributed by atoms with Crippen molar-refractivity contribution in [2.24, 2.45) is 0 Å². The molecule has 1 heterocycles. The lowest BCUT2D eigenvalue weighted by Crippen LogP contribution is -2.27. The topological polar surface area (TPSA) is 64.1 Å². The summed E-state index contributed by atoms with van der Waals surface area (Å²) in [4.78, 5) is 19.7. The van der Waals surface area contributed by atoms with Crippen LogP contribution in [0.1, 0.15) is 18.1 Å². The highest BCUT2D eigenvalue weighted by molar-refractivity contribution is 5.78. The third-order valence-electron chi connectivity index (χ3n) is 2.95. The van der Waals surface area contributed by atoms with Gasteiger partial charge in [0.05, 0.1) is 13.0 Å². The fourth-order valence-electron chi connectivity index (χ4n) is 1.92. The van der Waals surface area contributed by atoms with Crippen molar-refractivity contribution < 1.29 is 9.53 Å². The number of benzene rings is 1. The monoisotopic (exact) mass is 285 g/mol. The minimum Gasteiger partial charge on any atom is -0.494 e. The van der Waals surface area contributed by atoms with Gasteiger partial charge in [-0.3, -0.25) is 4.79 Å². The first kappa shape index (κ1) is 15.0. The summed E-state index contributed by atoms with van der Waals surface area (Å²) in [6, 6.07) is 7.59. The van der Waals surface area contributed by atoms with Crippen LogP contribution in [0.15, 0.2) is 43.0 Å². The predicted molar refractivity (Wildman–Crippen MR) is 80.1 cm³/mol. The highest BCUT2D eigenvalue weighted by Crippen LogP contribution is 2.12. The highest BCUT2D eigenvalue weighted by atomic mass is 16.5. The SMILES string of the molecule is CCOc1ccc(CC(=O)NCCc2cncnc2)cc1. The molecule has 0 aliphatic heterocycles. The van der Waals surface area contributed by atoms with Crippen LogP contribution in [-0.2, 0) is 17.6 Å². The highest BCUT2D eigenvalue weighted by Gasteiger charge is 2.03. The van der Waals surface area contributed by atoms with Crippen LogP contribution >= 0.6 is 0 Å². The second kappa shape index (κ2) is 7.99. The van der Waals surface area contributed by atoms with E-state index in [9.17, 15) is 4.79 Å². The molecule has 0 bridgehead atoms. The van der Waals surface area contributed by atoms with Crippen LogP contribution in [0.5, 0.6) is 5.75 Å². The minimum atomic E-state index is 0.0102. The van der Waals surface area contributed by atoms with Crippen LogP contribution in [0.4, 0.5) is 0 Å². The molecule has 110 valence electrons. The lowest BCUT2D eigenvalue weighted by Gasteiger charge is -2.06. The molecule has 21 heavy (non-hydrogen) atoms. The first-order valence-corrected chi connectivity index (χ1v) is 7.00. The van der Waals surface area contributed by atoms with E-state index >= 15 is 0 Å². The quantitative estimate of drug-likeness (QED) is 0.842. The molecule has 0 spiro atoms. The van der Waals surface area contributed by atoms with Crippen LogP contribution in [0.2, 0.25) is 0 Å². The van der Waals surface area contributed by atoms with Crippen LogP contribution in [0.25, 0.3) is 0 Å². The van der Waals surface area contributed by atoms with E-state index in [0.29, 0.717) is 19.6 Å². The Bertz CT molecular complexity index is 555. The number of hydrogen-bond donors (Lipinski definition) is 1. The maximum atomic E-state index is 11.8. The van der Waals surface area contributed by atoms with E-state index in [4.69, 9.17) is 4.74 Å². The minimum absolute atomic E-state index is 0.0102. The first-order chi connectivity index (χ1) is 10.3. The number of hydrogen-bond acceptors (Lipinski definition) is 4. The van der Waals surface area contributed by atoms with Crippen molar-refractivity contribution >= 4 is 5.91 Å². The summed E-state index contributed by atoms with van der Waals surface area (Å²) in [5.41, 5.74) is 1.98. The van der Waals surface area contributed by atoms with Gasteiger partial charge in [-0.1, -0.05) is 12.1 Å². The molecule has 1 aromatic carbocycles. The van der Waals surface area contributed by atoms with E-state index in [1.165, 1.54) is 6.33 Å². The van der Waals surface area contributed by atoms with E-state index in [2.05, 4.69) is 15.3 Å². The second-order valence-electron chi connectivity index (χ2n) is 4.60. The molecule has 0 fully saturated rings. The maximum Gasteiger partial charge on any atom is 0.224 e. The number of nitrogens with one attached hydrogen (secondary N) is 1. The molecule has 1 aromatic heterocycles. The van der Waals surface area contributed by atoms with Gasteiger partial charge in [-0.15, -0.1) is 0 Å². The summed E-state index contributed by atoms with van der Waals surface area (Å²) in [6.07, 6.45) is 6.11. The molecule has 0 aliphatic rings. The Morgan fingerprint density at radius 2 is 1.86 bits per heavy atom.